The van der Waals surface area contributed by atoms with Crippen molar-refractivity contribution in [2.24, 2.45) is 0 Å². The van der Waals surface area contributed by atoms with Gasteiger partial charge in [-0.3, -0.25) is 4.90 Å². The summed E-state index contributed by atoms with van der Waals surface area (Å²) in [5, 5.41) is 3.19. The maximum Gasteiger partial charge on any atom is 0.227 e. The molecule has 2 aromatic carbocycles. The minimum atomic E-state index is -0.813. The fourth-order valence-electron chi connectivity index (χ4n) is 3.31. The smallest absolute Gasteiger partial charge is 0.227 e. The Balaban J connectivity index is 1.46. The standard InChI is InChI=1S/C21H20F2N4O/c1-28-17-6-3-5-16(10-17)25-21-24-11-15-13-27(9-8-19(15)26-21)12-14-4-2-7-18(22)20(14)23/h2-7,10-11H,8-9,12-13H2,1H3,(H,24,25,26). The zero-order chi connectivity index (χ0) is 19.5. The van der Waals surface area contributed by atoms with Gasteiger partial charge in [0.1, 0.15) is 5.75 Å². The van der Waals surface area contributed by atoms with Crippen LogP contribution in [-0.4, -0.2) is 28.5 Å². The minimum absolute atomic E-state index is 0.354. The lowest BCUT2D eigenvalue weighted by Crippen LogP contribution is -2.31. The fraction of sp³-hybridized carbons (Fsp3) is 0.238. The number of hydrogen-bond donors (Lipinski definition) is 1. The second-order valence-electron chi connectivity index (χ2n) is 6.70. The van der Waals surface area contributed by atoms with Gasteiger partial charge in [-0.25, -0.2) is 18.7 Å². The van der Waals surface area contributed by atoms with E-state index in [-0.39, 0.29) is 0 Å². The quantitative estimate of drug-likeness (QED) is 0.721. The molecule has 4 rings (SSSR count). The first-order valence-corrected chi connectivity index (χ1v) is 9.03. The van der Waals surface area contributed by atoms with Crippen molar-refractivity contribution in [1.82, 2.24) is 14.9 Å². The highest BCUT2D eigenvalue weighted by Crippen LogP contribution is 2.23. The zero-order valence-electron chi connectivity index (χ0n) is 15.5. The highest BCUT2D eigenvalue weighted by atomic mass is 19.2. The van der Waals surface area contributed by atoms with Gasteiger partial charge < -0.3 is 10.1 Å². The van der Waals surface area contributed by atoms with Crippen molar-refractivity contribution in [2.75, 3.05) is 19.0 Å². The van der Waals surface area contributed by atoms with Crippen molar-refractivity contribution in [1.29, 1.82) is 0 Å². The van der Waals surface area contributed by atoms with E-state index in [1.54, 1.807) is 19.4 Å². The van der Waals surface area contributed by atoms with E-state index in [1.807, 2.05) is 24.3 Å². The molecule has 0 saturated carbocycles. The molecular formula is C21H20F2N4O. The van der Waals surface area contributed by atoms with Crippen LogP contribution in [0, 0.1) is 11.6 Å². The third-order valence-corrected chi connectivity index (χ3v) is 4.76. The van der Waals surface area contributed by atoms with Crippen molar-refractivity contribution in [3.63, 3.8) is 0 Å². The number of benzene rings is 2. The summed E-state index contributed by atoms with van der Waals surface area (Å²) in [4.78, 5) is 11.1. The molecule has 3 aromatic rings. The predicted octanol–water partition coefficient (Wildman–Crippen LogP) is 4.07. The van der Waals surface area contributed by atoms with Gasteiger partial charge in [0, 0.05) is 55.1 Å². The molecule has 1 aliphatic rings. The van der Waals surface area contributed by atoms with Crippen molar-refractivity contribution >= 4 is 11.6 Å². The van der Waals surface area contributed by atoms with E-state index in [1.165, 1.54) is 6.07 Å². The van der Waals surface area contributed by atoms with E-state index in [0.29, 0.717) is 24.6 Å². The van der Waals surface area contributed by atoms with Gasteiger partial charge in [0.15, 0.2) is 11.6 Å². The van der Waals surface area contributed by atoms with Crippen molar-refractivity contribution in [3.05, 3.63) is 77.1 Å². The topological polar surface area (TPSA) is 50.3 Å². The molecule has 0 amide bonds. The van der Waals surface area contributed by atoms with Crippen LogP contribution in [0.3, 0.4) is 0 Å². The lowest BCUT2D eigenvalue weighted by Gasteiger charge is -2.28. The number of ether oxygens (including phenoxy) is 1. The Morgan fingerprint density at radius 1 is 1.18 bits per heavy atom. The Labute approximate surface area is 162 Å². The summed E-state index contributed by atoms with van der Waals surface area (Å²) in [5.41, 5.74) is 3.18. The summed E-state index contributed by atoms with van der Waals surface area (Å²) >= 11 is 0. The lowest BCUT2D eigenvalue weighted by molar-refractivity contribution is 0.238. The minimum Gasteiger partial charge on any atom is -0.497 e. The van der Waals surface area contributed by atoms with Crippen LogP contribution in [0.15, 0.2) is 48.7 Å². The molecule has 5 nitrogen and oxygen atoms in total. The van der Waals surface area contributed by atoms with Gasteiger partial charge in [0.05, 0.1) is 12.8 Å². The normalized spacial score (nSPS) is 13.8. The number of fused-ring (bicyclic) bond motifs is 1. The fourth-order valence-corrected chi connectivity index (χ4v) is 3.31. The Morgan fingerprint density at radius 2 is 2.04 bits per heavy atom. The van der Waals surface area contributed by atoms with E-state index < -0.39 is 11.6 Å². The van der Waals surface area contributed by atoms with Gasteiger partial charge in [-0.1, -0.05) is 18.2 Å². The average Bonchev–Trinajstić information content (AvgIpc) is 2.71. The maximum absolute atomic E-state index is 13.9. The highest BCUT2D eigenvalue weighted by Gasteiger charge is 2.20. The Hall–Kier alpha value is -3.06. The molecule has 0 bridgehead atoms. The largest absolute Gasteiger partial charge is 0.497 e. The van der Waals surface area contributed by atoms with Crippen LogP contribution in [0.25, 0.3) is 0 Å². The maximum atomic E-state index is 13.9. The number of hydrogen-bond acceptors (Lipinski definition) is 5. The van der Waals surface area contributed by atoms with E-state index in [0.717, 1.165) is 41.7 Å². The van der Waals surface area contributed by atoms with E-state index in [4.69, 9.17) is 4.74 Å². The van der Waals surface area contributed by atoms with E-state index in [9.17, 15) is 8.78 Å². The van der Waals surface area contributed by atoms with Crippen LogP contribution in [0.4, 0.5) is 20.4 Å². The molecule has 0 atom stereocenters. The third kappa shape index (κ3) is 3.94. The number of nitrogens with zero attached hydrogens (tertiary/aromatic N) is 3. The summed E-state index contributed by atoms with van der Waals surface area (Å²) < 4.78 is 32.6. The first-order valence-electron chi connectivity index (χ1n) is 9.03. The zero-order valence-corrected chi connectivity index (χ0v) is 15.5. The monoisotopic (exact) mass is 382 g/mol. The summed E-state index contributed by atoms with van der Waals surface area (Å²) in [6.07, 6.45) is 2.51. The first-order chi connectivity index (χ1) is 13.6. The molecule has 0 radical (unpaired) electrons. The van der Waals surface area contributed by atoms with Gasteiger partial charge in [-0.2, -0.15) is 0 Å². The van der Waals surface area contributed by atoms with Crippen molar-refractivity contribution in [3.8, 4) is 5.75 Å². The van der Waals surface area contributed by atoms with Gasteiger partial charge in [0.2, 0.25) is 5.95 Å². The van der Waals surface area contributed by atoms with Crippen LogP contribution in [0.1, 0.15) is 16.8 Å². The summed E-state index contributed by atoms with van der Waals surface area (Å²) in [6, 6.07) is 11.8. The summed E-state index contributed by atoms with van der Waals surface area (Å²) in [5.74, 6) is -0.311. The first kappa shape index (κ1) is 18.3. The predicted molar refractivity (Wildman–Crippen MR) is 102 cm³/mol. The molecule has 7 heteroatoms. The number of methoxy groups -OCH3 is 1. The van der Waals surface area contributed by atoms with Gasteiger partial charge in [-0.05, 0) is 18.2 Å². The van der Waals surface area contributed by atoms with Gasteiger partial charge in [0.25, 0.3) is 0 Å². The van der Waals surface area contributed by atoms with Crippen molar-refractivity contribution in [2.45, 2.75) is 19.5 Å². The second kappa shape index (κ2) is 7.90. The van der Waals surface area contributed by atoms with Crippen LogP contribution in [0.2, 0.25) is 0 Å². The average molecular weight is 382 g/mol. The van der Waals surface area contributed by atoms with Gasteiger partial charge in [-0.15, -0.1) is 0 Å². The van der Waals surface area contributed by atoms with Crippen LogP contribution in [-0.2, 0) is 19.5 Å². The number of nitrogens with one attached hydrogen (secondary N) is 1. The second-order valence-corrected chi connectivity index (χ2v) is 6.70. The molecule has 28 heavy (non-hydrogen) atoms. The van der Waals surface area contributed by atoms with Crippen LogP contribution < -0.4 is 10.1 Å². The molecule has 0 spiro atoms. The molecule has 0 fully saturated rings. The lowest BCUT2D eigenvalue weighted by atomic mass is 10.1. The van der Waals surface area contributed by atoms with Gasteiger partial charge >= 0.3 is 0 Å². The molecule has 0 unspecified atom stereocenters. The molecule has 1 N–H and O–H groups in total. The Kier molecular flexibility index (Phi) is 5.16. The number of anilines is 2. The molecular weight excluding hydrogens is 362 g/mol. The van der Waals surface area contributed by atoms with Crippen molar-refractivity contribution < 1.29 is 13.5 Å². The Morgan fingerprint density at radius 3 is 2.89 bits per heavy atom. The molecule has 0 saturated heterocycles. The number of rotatable bonds is 5. The number of aromatic nitrogens is 2. The third-order valence-electron chi connectivity index (χ3n) is 4.76. The molecule has 1 aromatic heterocycles. The highest BCUT2D eigenvalue weighted by molar-refractivity contribution is 5.56. The molecule has 0 aliphatic carbocycles. The number of halogens is 2. The van der Waals surface area contributed by atoms with E-state index >= 15 is 0 Å². The SMILES string of the molecule is COc1cccc(Nc2ncc3c(n2)CCN(Cc2cccc(F)c2F)C3)c1. The molecule has 1 aliphatic heterocycles. The van der Waals surface area contributed by atoms with E-state index in [2.05, 4.69) is 20.2 Å². The summed E-state index contributed by atoms with van der Waals surface area (Å²) in [7, 11) is 1.62. The van der Waals surface area contributed by atoms with Crippen LogP contribution >= 0.6 is 0 Å². The molecule has 144 valence electrons. The summed E-state index contributed by atoms with van der Waals surface area (Å²) in [6.45, 7) is 1.68. The molecule has 2 heterocycles. The van der Waals surface area contributed by atoms with Crippen LogP contribution in [0.5, 0.6) is 5.75 Å². The Bertz CT molecular complexity index is 996.